The first-order chi connectivity index (χ1) is 14.3. The molecule has 3 aromatic rings. The van der Waals surface area contributed by atoms with Gasteiger partial charge in [-0.1, -0.05) is 41.2 Å². The molecule has 0 saturated carbocycles. The van der Waals surface area contributed by atoms with Crippen molar-refractivity contribution in [2.45, 2.75) is 26.8 Å². The Morgan fingerprint density at radius 1 is 1.07 bits per heavy atom. The van der Waals surface area contributed by atoms with Gasteiger partial charge in [0.15, 0.2) is 0 Å². The van der Waals surface area contributed by atoms with Crippen LogP contribution >= 0.6 is 33.9 Å². The number of carbonyl (C=O) groups is 2. The van der Waals surface area contributed by atoms with Crippen LogP contribution in [-0.4, -0.2) is 27.0 Å². The SMILES string of the molecule is Cc1ccc(C)c(C(O)=C2C(=O)C(=O)N(c3nnc(C)s3)C2c2ccc(I)cc2)c1. The van der Waals surface area contributed by atoms with Gasteiger partial charge in [0.25, 0.3) is 5.78 Å². The number of nitrogens with zero attached hydrogens (tertiary/aromatic N) is 3. The molecule has 0 radical (unpaired) electrons. The molecule has 2 aromatic carbocycles. The molecule has 2 heterocycles. The van der Waals surface area contributed by atoms with Gasteiger partial charge in [-0.25, -0.2) is 0 Å². The molecular formula is C22H18IN3O3S. The van der Waals surface area contributed by atoms with Gasteiger partial charge in [0.1, 0.15) is 10.8 Å². The van der Waals surface area contributed by atoms with Crippen LogP contribution in [0.5, 0.6) is 0 Å². The lowest BCUT2D eigenvalue weighted by molar-refractivity contribution is -0.132. The molecule has 1 amide bonds. The molecule has 0 aliphatic carbocycles. The molecule has 4 rings (SSSR count). The summed E-state index contributed by atoms with van der Waals surface area (Å²) < 4.78 is 1.02. The number of hydrogen-bond acceptors (Lipinski definition) is 6. The van der Waals surface area contributed by atoms with E-state index in [9.17, 15) is 14.7 Å². The van der Waals surface area contributed by atoms with Crippen molar-refractivity contribution in [2.75, 3.05) is 4.90 Å². The zero-order valence-corrected chi connectivity index (χ0v) is 19.5. The van der Waals surface area contributed by atoms with Crippen LogP contribution in [0.3, 0.4) is 0 Å². The summed E-state index contributed by atoms with van der Waals surface area (Å²) in [4.78, 5) is 27.5. The van der Waals surface area contributed by atoms with Crippen molar-refractivity contribution in [3.05, 3.63) is 78.9 Å². The van der Waals surface area contributed by atoms with Crippen LogP contribution in [-0.2, 0) is 9.59 Å². The first-order valence-corrected chi connectivity index (χ1v) is 11.1. The van der Waals surface area contributed by atoms with Gasteiger partial charge in [0, 0.05) is 9.13 Å². The van der Waals surface area contributed by atoms with Crippen LogP contribution in [0, 0.1) is 24.3 Å². The highest BCUT2D eigenvalue weighted by Gasteiger charge is 2.48. The number of aliphatic hydroxyl groups excluding tert-OH is 1. The van der Waals surface area contributed by atoms with E-state index < -0.39 is 17.7 Å². The topological polar surface area (TPSA) is 83.4 Å². The van der Waals surface area contributed by atoms with Crippen molar-refractivity contribution in [1.82, 2.24) is 10.2 Å². The van der Waals surface area contributed by atoms with Gasteiger partial charge in [-0.2, -0.15) is 0 Å². The van der Waals surface area contributed by atoms with Gasteiger partial charge in [-0.3, -0.25) is 14.5 Å². The van der Waals surface area contributed by atoms with Crippen LogP contribution < -0.4 is 4.90 Å². The number of Topliss-reactive ketones (excluding diaryl/α,β-unsaturated/α-hetero) is 1. The maximum absolute atomic E-state index is 13.1. The van der Waals surface area contributed by atoms with Gasteiger partial charge < -0.3 is 5.11 Å². The molecular weight excluding hydrogens is 513 g/mol. The maximum Gasteiger partial charge on any atom is 0.301 e. The summed E-state index contributed by atoms with van der Waals surface area (Å²) in [6, 6.07) is 12.4. The van der Waals surface area contributed by atoms with E-state index in [0.717, 1.165) is 14.7 Å². The Bertz CT molecular complexity index is 1200. The molecule has 1 aromatic heterocycles. The minimum Gasteiger partial charge on any atom is -0.507 e. The van der Waals surface area contributed by atoms with Crippen LogP contribution in [0.4, 0.5) is 5.13 Å². The number of anilines is 1. The molecule has 0 spiro atoms. The molecule has 0 bridgehead atoms. The molecule has 1 unspecified atom stereocenters. The Hall–Kier alpha value is -2.59. The van der Waals surface area contributed by atoms with E-state index in [4.69, 9.17) is 0 Å². The number of aromatic nitrogens is 2. The molecule has 8 heteroatoms. The predicted molar refractivity (Wildman–Crippen MR) is 125 cm³/mol. The largest absolute Gasteiger partial charge is 0.507 e. The molecule has 1 N–H and O–H groups in total. The molecule has 30 heavy (non-hydrogen) atoms. The number of aliphatic hydroxyl groups is 1. The molecule has 1 aliphatic rings. The summed E-state index contributed by atoms with van der Waals surface area (Å²) in [6.45, 7) is 5.56. The number of aryl methyl sites for hydroxylation is 3. The highest BCUT2D eigenvalue weighted by atomic mass is 127. The van der Waals surface area contributed by atoms with Gasteiger partial charge >= 0.3 is 5.91 Å². The van der Waals surface area contributed by atoms with Gasteiger partial charge in [-0.05, 0) is 72.7 Å². The Morgan fingerprint density at radius 3 is 2.40 bits per heavy atom. The second kappa shape index (κ2) is 7.92. The zero-order chi connectivity index (χ0) is 21.6. The van der Waals surface area contributed by atoms with E-state index >= 15 is 0 Å². The third-order valence-corrected chi connectivity index (χ3v) is 6.56. The van der Waals surface area contributed by atoms with E-state index in [2.05, 4.69) is 32.8 Å². The summed E-state index contributed by atoms with van der Waals surface area (Å²) in [5, 5.41) is 20.3. The Morgan fingerprint density at radius 2 is 1.77 bits per heavy atom. The summed E-state index contributed by atoms with van der Waals surface area (Å²) in [6.07, 6.45) is 0. The van der Waals surface area contributed by atoms with Crippen molar-refractivity contribution >= 4 is 56.5 Å². The quantitative estimate of drug-likeness (QED) is 0.230. The second-order valence-electron chi connectivity index (χ2n) is 7.14. The van der Waals surface area contributed by atoms with Crippen molar-refractivity contribution in [3.63, 3.8) is 0 Å². The smallest absolute Gasteiger partial charge is 0.301 e. The fourth-order valence-corrected chi connectivity index (χ4v) is 4.58. The van der Waals surface area contributed by atoms with Crippen molar-refractivity contribution in [1.29, 1.82) is 0 Å². The standard InChI is InChI=1S/C22H18IN3O3S/c1-11-4-5-12(2)16(10-11)19(27)17-18(14-6-8-15(23)9-7-14)26(21(29)20(17)28)22-25-24-13(3)30-22/h4-10,18,27H,1-3H3. The van der Waals surface area contributed by atoms with Gasteiger partial charge in [0.2, 0.25) is 5.13 Å². The number of amides is 1. The average molecular weight is 531 g/mol. The van der Waals surface area contributed by atoms with E-state index in [0.29, 0.717) is 21.3 Å². The molecule has 1 aliphatic heterocycles. The molecule has 1 saturated heterocycles. The van der Waals surface area contributed by atoms with Crippen molar-refractivity contribution < 1.29 is 14.7 Å². The molecule has 6 nitrogen and oxygen atoms in total. The average Bonchev–Trinajstić information content (AvgIpc) is 3.25. The minimum atomic E-state index is -0.783. The fourth-order valence-electron chi connectivity index (χ4n) is 3.51. The number of benzene rings is 2. The lowest BCUT2D eigenvalue weighted by Gasteiger charge is -2.22. The summed E-state index contributed by atoms with van der Waals surface area (Å²) in [5.74, 6) is -1.63. The van der Waals surface area contributed by atoms with E-state index in [1.165, 1.54) is 16.2 Å². The minimum absolute atomic E-state index is 0.0581. The molecule has 1 atom stereocenters. The monoisotopic (exact) mass is 531 g/mol. The third-order valence-electron chi connectivity index (χ3n) is 5.00. The highest BCUT2D eigenvalue weighted by Crippen LogP contribution is 2.43. The van der Waals surface area contributed by atoms with Crippen LogP contribution in [0.1, 0.15) is 33.3 Å². The van der Waals surface area contributed by atoms with Gasteiger partial charge in [0.05, 0.1) is 11.6 Å². The van der Waals surface area contributed by atoms with Crippen molar-refractivity contribution in [2.24, 2.45) is 0 Å². The summed E-state index contributed by atoms with van der Waals surface area (Å²) >= 11 is 3.43. The first kappa shape index (κ1) is 20.7. The lowest BCUT2D eigenvalue weighted by atomic mass is 9.93. The zero-order valence-electron chi connectivity index (χ0n) is 16.5. The summed E-state index contributed by atoms with van der Waals surface area (Å²) in [7, 11) is 0. The number of carbonyl (C=O) groups excluding carboxylic acids is 2. The normalized spacial score (nSPS) is 18.3. The predicted octanol–water partition coefficient (Wildman–Crippen LogP) is 4.69. The van der Waals surface area contributed by atoms with Gasteiger partial charge in [-0.15, -0.1) is 10.2 Å². The summed E-state index contributed by atoms with van der Waals surface area (Å²) in [5.41, 5.74) is 3.08. The van der Waals surface area contributed by atoms with E-state index in [1.54, 1.807) is 6.92 Å². The Labute approximate surface area is 191 Å². The number of halogens is 1. The second-order valence-corrected chi connectivity index (χ2v) is 9.55. The van der Waals surface area contributed by atoms with E-state index in [-0.39, 0.29) is 11.3 Å². The van der Waals surface area contributed by atoms with Crippen LogP contribution in [0.15, 0.2) is 48.0 Å². The van der Waals surface area contributed by atoms with Crippen LogP contribution in [0.2, 0.25) is 0 Å². The number of rotatable bonds is 3. The van der Waals surface area contributed by atoms with Crippen molar-refractivity contribution in [3.8, 4) is 0 Å². The lowest BCUT2D eigenvalue weighted by Crippen LogP contribution is -2.29. The molecule has 152 valence electrons. The Kier molecular flexibility index (Phi) is 5.46. The third kappa shape index (κ3) is 3.54. The number of hydrogen-bond donors (Lipinski definition) is 1. The maximum atomic E-state index is 13.1. The fraction of sp³-hybridized carbons (Fsp3) is 0.182. The van der Waals surface area contributed by atoms with E-state index in [1.807, 2.05) is 56.3 Å². The van der Waals surface area contributed by atoms with Crippen LogP contribution in [0.25, 0.3) is 5.76 Å². The highest BCUT2D eigenvalue weighted by molar-refractivity contribution is 14.1. The first-order valence-electron chi connectivity index (χ1n) is 9.22. The number of ketones is 1. The molecule has 1 fully saturated rings. The Balaban J connectivity index is 1.97.